The number of fused-ring (bicyclic) bond motifs is 8. The number of benzene rings is 2. The Labute approximate surface area is 176 Å². The van der Waals surface area contributed by atoms with Crippen molar-refractivity contribution in [2.75, 3.05) is 0 Å². The third-order valence-corrected chi connectivity index (χ3v) is 7.29. The second kappa shape index (κ2) is 4.64. The Bertz CT molecular complexity index is 1710. The van der Waals surface area contributed by atoms with Gasteiger partial charge in [-0.25, -0.2) is 9.56 Å². The molecule has 0 N–H and O–H groups in total. The number of amidine groups is 2. The Kier molecular flexibility index (Phi) is 2.22. The molecular weight excluding hydrogens is 384 g/mol. The number of aliphatic imine (C=N–C) groups is 1. The highest BCUT2D eigenvalue weighted by Gasteiger charge is 2.57. The van der Waals surface area contributed by atoms with Gasteiger partial charge in [-0.3, -0.25) is 4.90 Å². The van der Waals surface area contributed by atoms with Crippen molar-refractivity contribution in [2.45, 2.75) is 12.5 Å². The van der Waals surface area contributed by atoms with Gasteiger partial charge in [-0.2, -0.15) is 4.58 Å². The predicted octanol–water partition coefficient (Wildman–Crippen LogP) is 2.19. The zero-order chi connectivity index (χ0) is 19.8. The second-order valence-electron chi connectivity index (χ2n) is 8.69. The number of allylic oxidation sites excluding steroid dienone is 3. The molecule has 9 rings (SSSR count). The monoisotopic (exact) mass is 399 g/mol. The average Bonchev–Trinajstić information content (AvgIpc) is 3.45. The van der Waals surface area contributed by atoms with Crippen molar-refractivity contribution in [1.82, 2.24) is 9.47 Å². The Morgan fingerprint density at radius 2 is 1.61 bits per heavy atom. The smallest absolute Gasteiger partial charge is 0.267 e. The molecule has 6 heteroatoms. The minimum Gasteiger partial charge on any atom is -0.267 e. The largest absolute Gasteiger partial charge is 0.276 e. The first-order chi connectivity index (χ1) is 15.4. The molecule has 2 unspecified atom stereocenters. The van der Waals surface area contributed by atoms with Crippen LogP contribution >= 0.6 is 0 Å². The van der Waals surface area contributed by atoms with Gasteiger partial charge in [0.05, 0.1) is 17.0 Å². The Hall–Kier alpha value is -4.06. The van der Waals surface area contributed by atoms with Crippen LogP contribution in [0.25, 0.3) is 10.8 Å². The molecule has 3 aromatic rings. The lowest BCUT2D eigenvalue weighted by atomic mass is 9.94. The fourth-order valence-electron chi connectivity index (χ4n) is 6.07. The van der Waals surface area contributed by atoms with Crippen molar-refractivity contribution in [3.63, 3.8) is 0 Å². The van der Waals surface area contributed by atoms with Crippen molar-refractivity contribution < 1.29 is 4.58 Å². The summed E-state index contributed by atoms with van der Waals surface area (Å²) in [5.74, 6) is 3.28. The zero-order valence-corrected chi connectivity index (χ0v) is 16.3. The van der Waals surface area contributed by atoms with Crippen LogP contribution in [0.3, 0.4) is 0 Å². The summed E-state index contributed by atoms with van der Waals surface area (Å²) in [4.78, 5) is 18.1. The first-order valence-corrected chi connectivity index (χ1v) is 10.7. The number of hydrogen-bond acceptors (Lipinski definition) is 4. The zero-order valence-electron chi connectivity index (χ0n) is 16.3. The van der Waals surface area contributed by atoms with Crippen LogP contribution in [0.2, 0.25) is 0 Å². The van der Waals surface area contributed by atoms with Crippen molar-refractivity contribution in [3.8, 4) is 0 Å². The quantitative estimate of drug-likeness (QED) is 0.535. The van der Waals surface area contributed by atoms with E-state index in [4.69, 9.17) is 15.0 Å². The number of hydrogen-bond donors (Lipinski definition) is 0. The van der Waals surface area contributed by atoms with Crippen LogP contribution in [0.1, 0.15) is 17.4 Å². The van der Waals surface area contributed by atoms with Gasteiger partial charge < -0.3 is 0 Å². The Morgan fingerprint density at radius 1 is 0.839 bits per heavy atom. The first-order valence-electron chi connectivity index (χ1n) is 10.7. The highest BCUT2D eigenvalue weighted by atomic mass is 15.6. The van der Waals surface area contributed by atoms with Crippen LogP contribution in [-0.4, -0.2) is 31.9 Å². The minimum atomic E-state index is -0.0396. The fourth-order valence-corrected chi connectivity index (χ4v) is 6.07. The van der Waals surface area contributed by atoms with Gasteiger partial charge in [-0.15, -0.1) is 4.99 Å². The van der Waals surface area contributed by atoms with E-state index >= 15 is 0 Å². The van der Waals surface area contributed by atoms with E-state index in [9.17, 15) is 0 Å². The third-order valence-electron chi connectivity index (χ3n) is 7.29. The van der Waals surface area contributed by atoms with Gasteiger partial charge in [-0.1, -0.05) is 59.6 Å². The summed E-state index contributed by atoms with van der Waals surface area (Å²) < 4.78 is 4.63. The molecule has 0 radical (unpaired) electrons. The van der Waals surface area contributed by atoms with Gasteiger partial charge in [0.1, 0.15) is 11.3 Å². The third kappa shape index (κ3) is 1.46. The van der Waals surface area contributed by atoms with Gasteiger partial charge in [0.2, 0.25) is 11.8 Å². The molecule has 6 heterocycles. The molecule has 3 atom stereocenters. The molecule has 5 aliphatic heterocycles. The van der Waals surface area contributed by atoms with Crippen LogP contribution in [0, 0.1) is 5.92 Å². The fraction of sp³-hybridized carbons (Fsp3) is 0.120. The lowest BCUT2D eigenvalue weighted by molar-refractivity contribution is -0.528. The summed E-state index contributed by atoms with van der Waals surface area (Å²) in [7, 11) is 0. The van der Waals surface area contributed by atoms with Crippen LogP contribution in [-0.2, 0) is 0 Å². The molecule has 0 saturated carbocycles. The first kappa shape index (κ1) is 14.8. The molecule has 6 nitrogen and oxygen atoms in total. The standard InChI is InChI=1S/C25H15N6/c1-2-8-14-13(7-1)19-26-21-15-9-3-4-10-16(15)23-28-24-18-12-6-5-11-17(18)22-27-20(14)29(19)25(30(21)23)31(22)24/h1-13,19,25H/q+1/t13?,19?,25-/m1/s1. The number of nitrogens with zero attached hydrogens (tertiary/aromatic N) is 6. The average molecular weight is 399 g/mol. The van der Waals surface area contributed by atoms with Crippen molar-refractivity contribution in [1.29, 1.82) is 0 Å². The molecule has 0 saturated heterocycles. The van der Waals surface area contributed by atoms with E-state index < -0.39 is 0 Å². The topological polar surface area (TPSA) is 48.3 Å². The lowest BCUT2D eigenvalue weighted by Gasteiger charge is -2.39. The van der Waals surface area contributed by atoms with E-state index in [0.29, 0.717) is 0 Å². The highest BCUT2D eigenvalue weighted by molar-refractivity contribution is 6.15. The Morgan fingerprint density at radius 3 is 2.48 bits per heavy atom. The van der Waals surface area contributed by atoms with E-state index in [2.05, 4.69) is 86.9 Å². The molecule has 144 valence electrons. The molecule has 0 fully saturated rings. The normalized spacial score (nSPS) is 27.2. The van der Waals surface area contributed by atoms with Crippen molar-refractivity contribution in [2.24, 2.45) is 20.9 Å². The van der Waals surface area contributed by atoms with Crippen LogP contribution < -0.4 is 11.0 Å². The predicted molar refractivity (Wildman–Crippen MR) is 115 cm³/mol. The molecule has 0 amide bonds. The molecule has 0 bridgehead atoms. The maximum atomic E-state index is 5.31. The number of rotatable bonds is 0. The van der Waals surface area contributed by atoms with E-state index in [1.165, 1.54) is 11.1 Å². The minimum absolute atomic E-state index is 0.00298. The van der Waals surface area contributed by atoms with Crippen molar-refractivity contribution in [3.05, 3.63) is 106 Å². The summed E-state index contributed by atoms with van der Waals surface area (Å²) in [6.45, 7) is 0. The van der Waals surface area contributed by atoms with Crippen LogP contribution in [0.15, 0.2) is 99.2 Å². The van der Waals surface area contributed by atoms with Gasteiger partial charge in [0, 0.05) is 16.3 Å². The summed E-state index contributed by atoms with van der Waals surface area (Å²) in [6, 6.07) is 17.0. The maximum absolute atomic E-state index is 5.31. The van der Waals surface area contributed by atoms with Gasteiger partial charge in [-0.05, 0) is 18.2 Å². The van der Waals surface area contributed by atoms with E-state index in [1.54, 1.807) is 0 Å². The Balaban J connectivity index is 1.54. The van der Waals surface area contributed by atoms with Gasteiger partial charge in [0.15, 0.2) is 6.17 Å². The molecule has 2 aromatic carbocycles. The maximum Gasteiger partial charge on any atom is 0.276 e. The SMILES string of the molecule is C1=CC2=C3N=c4c5ccccc5c5n4[C@@H]4N3C(N=C3c6ccccc6C(=[N+]34)N=5)C2C=C1. The number of aromatic nitrogens is 1. The van der Waals surface area contributed by atoms with E-state index in [-0.39, 0.29) is 18.4 Å². The highest BCUT2D eigenvalue weighted by Crippen LogP contribution is 2.47. The van der Waals surface area contributed by atoms with Crippen molar-refractivity contribution >= 4 is 22.4 Å². The molecule has 6 aliphatic rings. The summed E-state index contributed by atoms with van der Waals surface area (Å²) in [6.07, 6.45) is 8.69. The summed E-state index contributed by atoms with van der Waals surface area (Å²) >= 11 is 0. The van der Waals surface area contributed by atoms with Gasteiger partial charge in [0.25, 0.3) is 11.7 Å². The summed E-state index contributed by atoms with van der Waals surface area (Å²) in [5.41, 5.74) is 5.58. The molecular formula is C25H15N6+. The van der Waals surface area contributed by atoms with Crippen LogP contribution in [0.5, 0.6) is 0 Å². The molecule has 31 heavy (non-hydrogen) atoms. The van der Waals surface area contributed by atoms with Gasteiger partial charge >= 0.3 is 0 Å². The van der Waals surface area contributed by atoms with E-state index in [1.807, 2.05) is 0 Å². The second-order valence-corrected chi connectivity index (χ2v) is 8.69. The lowest BCUT2D eigenvalue weighted by Crippen LogP contribution is -2.58. The molecule has 1 aromatic heterocycles. The molecule has 1 aliphatic carbocycles. The molecule has 0 spiro atoms. The summed E-state index contributed by atoms with van der Waals surface area (Å²) in [5, 5.41) is 2.31. The van der Waals surface area contributed by atoms with Crippen LogP contribution in [0.4, 0.5) is 0 Å². The van der Waals surface area contributed by atoms with E-state index in [0.717, 1.165) is 44.8 Å².